The van der Waals surface area contributed by atoms with Gasteiger partial charge in [0.1, 0.15) is 5.82 Å². The topological polar surface area (TPSA) is 90.5 Å². The number of hydrogen-bond acceptors (Lipinski definition) is 6. The van der Waals surface area contributed by atoms with Gasteiger partial charge in [-0.3, -0.25) is 20.0 Å². The Labute approximate surface area is 129 Å². The summed E-state index contributed by atoms with van der Waals surface area (Å²) in [6.45, 7) is 7.13. The van der Waals surface area contributed by atoms with E-state index in [0.717, 1.165) is 32.0 Å². The molecule has 1 aliphatic rings. The average Bonchev–Trinajstić information content (AvgIpc) is 2.55. The molecule has 2 rings (SSSR count). The molecule has 1 saturated heterocycles. The Balaban J connectivity index is 1.83. The van der Waals surface area contributed by atoms with Gasteiger partial charge < -0.3 is 10.2 Å². The van der Waals surface area contributed by atoms with Crippen LogP contribution in [0.1, 0.15) is 13.8 Å². The van der Waals surface area contributed by atoms with Crippen molar-refractivity contribution in [2.75, 3.05) is 37.6 Å². The third kappa shape index (κ3) is 4.14. The first-order chi connectivity index (χ1) is 10.6. The molecule has 1 unspecified atom stereocenters. The smallest absolute Gasteiger partial charge is 0.321 e. The van der Waals surface area contributed by atoms with Gasteiger partial charge in [-0.15, -0.1) is 0 Å². The van der Waals surface area contributed by atoms with Gasteiger partial charge in [0.2, 0.25) is 5.91 Å². The molecular weight excluding hydrogens is 284 g/mol. The summed E-state index contributed by atoms with van der Waals surface area (Å²) in [5.74, 6) is 0.570. The minimum atomic E-state index is -0.447. The van der Waals surface area contributed by atoms with Crippen molar-refractivity contribution in [1.82, 2.24) is 25.5 Å². The lowest BCUT2D eigenvalue weighted by atomic mass is 10.2. The summed E-state index contributed by atoms with van der Waals surface area (Å²) in [5, 5.41) is 4.90. The molecule has 0 saturated carbocycles. The van der Waals surface area contributed by atoms with Crippen LogP contribution in [-0.4, -0.2) is 65.6 Å². The molecule has 0 radical (unpaired) electrons. The number of imide groups is 1. The predicted molar refractivity (Wildman–Crippen MR) is 82.5 cm³/mol. The lowest BCUT2D eigenvalue weighted by Crippen LogP contribution is -2.55. The van der Waals surface area contributed by atoms with E-state index in [0.29, 0.717) is 6.54 Å². The van der Waals surface area contributed by atoms with E-state index in [1.54, 1.807) is 25.5 Å². The summed E-state index contributed by atoms with van der Waals surface area (Å²) in [6.07, 6.45) is 5.05. The van der Waals surface area contributed by atoms with Crippen molar-refractivity contribution in [3.05, 3.63) is 18.6 Å². The standard InChI is InChI=1S/C14H22N6O2/c1-3-16-14(22)18-13(21)11(2)19-6-8-20(9-7-19)12-10-15-4-5-17-12/h4-5,10-11H,3,6-9H2,1-2H3,(H2,16,18,21,22). The fourth-order valence-corrected chi connectivity index (χ4v) is 2.38. The van der Waals surface area contributed by atoms with E-state index >= 15 is 0 Å². The van der Waals surface area contributed by atoms with Crippen molar-refractivity contribution in [3.63, 3.8) is 0 Å². The van der Waals surface area contributed by atoms with Gasteiger partial charge in [0.15, 0.2) is 0 Å². The van der Waals surface area contributed by atoms with E-state index < -0.39 is 6.03 Å². The van der Waals surface area contributed by atoms with Crippen molar-refractivity contribution in [1.29, 1.82) is 0 Å². The van der Waals surface area contributed by atoms with E-state index in [2.05, 4.69) is 30.4 Å². The van der Waals surface area contributed by atoms with E-state index in [-0.39, 0.29) is 11.9 Å². The van der Waals surface area contributed by atoms with Crippen LogP contribution in [0.2, 0.25) is 0 Å². The molecule has 1 fully saturated rings. The van der Waals surface area contributed by atoms with Crippen LogP contribution in [0, 0.1) is 0 Å². The number of carbonyl (C=O) groups excluding carboxylic acids is 2. The second kappa shape index (κ2) is 7.69. The van der Waals surface area contributed by atoms with E-state index in [9.17, 15) is 9.59 Å². The Morgan fingerprint density at radius 3 is 2.59 bits per heavy atom. The molecule has 0 aliphatic carbocycles. The van der Waals surface area contributed by atoms with Crippen LogP contribution in [0.5, 0.6) is 0 Å². The molecule has 3 amide bonds. The molecule has 0 spiro atoms. The molecule has 1 aromatic heterocycles. The highest BCUT2D eigenvalue weighted by Crippen LogP contribution is 2.13. The average molecular weight is 306 g/mol. The number of rotatable bonds is 4. The quantitative estimate of drug-likeness (QED) is 0.803. The third-order valence-electron chi connectivity index (χ3n) is 3.69. The highest BCUT2D eigenvalue weighted by molar-refractivity contribution is 5.96. The zero-order valence-corrected chi connectivity index (χ0v) is 13.0. The summed E-state index contributed by atoms with van der Waals surface area (Å²) >= 11 is 0. The van der Waals surface area contributed by atoms with E-state index in [1.807, 2.05) is 6.92 Å². The van der Waals surface area contributed by atoms with Crippen molar-refractivity contribution >= 4 is 17.8 Å². The molecule has 2 N–H and O–H groups in total. The normalized spacial score (nSPS) is 16.9. The molecule has 22 heavy (non-hydrogen) atoms. The fraction of sp³-hybridized carbons (Fsp3) is 0.571. The number of hydrogen-bond donors (Lipinski definition) is 2. The monoisotopic (exact) mass is 306 g/mol. The van der Waals surface area contributed by atoms with E-state index in [4.69, 9.17) is 0 Å². The van der Waals surface area contributed by atoms with Gasteiger partial charge in [-0.05, 0) is 13.8 Å². The summed E-state index contributed by atoms with van der Waals surface area (Å²) < 4.78 is 0. The van der Waals surface area contributed by atoms with Crippen LogP contribution in [0.25, 0.3) is 0 Å². The first-order valence-electron chi connectivity index (χ1n) is 7.45. The number of piperazine rings is 1. The van der Waals surface area contributed by atoms with Crippen molar-refractivity contribution in [2.45, 2.75) is 19.9 Å². The van der Waals surface area contributed by atoms with Gasteiger partial charge in [-0.1, -0.05) is 0 Å². The second-order valence-electron chi connectivity index (χ2n) is 5.11. The Morgan fingerprint density at radius 2 is 2.00 bits per heavy atom. The lowest BCUT2D eigenvalue weighted by molar-refractivity contribution is -0.124. The van der Waals surface area contributed by atoms with Crippen molar-refractivity contribution in [3.8, 4) is 0 Å². The maximum absolute atomic E-state index is 12.0. The van der Waals surface area contributed by atoms with Crippen LogP contribution in [0.15, 0.2) is 18.6 Å². The number of nitrogens with one attached hydrogen (secondary N) is 2. The lowest BCUT2D eigenvalue weighted by Gasteiger charge is -2.37. The largest absolute Gasteiger partial charge is 0.353 e. The number of aromatic nitrogens is 2. The van der Waals surface area contributed by atoms with Gasteiger partial charge in [-0.25, -0.2) is 9.78 Å². The van der Waals surface area contributed by atoms with Crippen LogP contribution in [0.4, 0.5) is 10.6 Å². The number of nitrogens with zero attached hydrogens (tertiary/aromatic N) is 4. The Bertz CT molecular complexity index is 501. The van der Waals surface area contributed by atoms with Gasteiger partial charge in [0, 0.05) is 45.1 Å². The summed E-state index contributed by atoms with van der Waals surface area (Å²) in [6, 6.07) is -0.788. The van der Waals surface area contributed by atoms with E-state index in [1.165, 1.54) is 0 Å². The van der Waals surface area contributed by atoms with Gasteiger partial charge >= 0.3 is 6.03 Å². The molecule has 0 aromatic carbocycles. The minimum Gasteiger partial charge on any atom is -0.353 e. The highest BCUT2D eigenvalue weighted by atomic mass is 16.2. The van der Waals surface area contributed by atoms with Gasteiger partial charge in [0.05, 0.1) is 12.2 Å². The first kappa shape index (κ1) is 16.2. The Morgan fingerprint density at radius 1 is 1.27 bits per heavy atom. The van der Waals surface area contributed by atoms with Crippen LogP contribution >= 0.6 is 0 Å². The molecule has 8 nitrogen and oxygen atoms in total. The van der Waals surface area contributed by atoms with Crippen LogP contribution in [-0.2, 0) is 4.79 Å². The zero-order valence-electron chi connectivity index (χ0n) is 13.0. The SMILES string of the molecule is CCNC(=O)NC(=O)C(C)N1CCN(c2cnccn2)CC1. The second-order valence-corrected chi connectivity index (χ2v) is 5.11. The maximum Gasteiger partial charge on any atom is 0.321 e. The van der Waals surface area contributed by atoms with Gasteiger partial charge in [-0.2, -0.15) is 0 Å². The molecule has 8 heteroatoms. The molecule has 1 atom stereocenters. The fourth-order valence-electron chi connectivity index (χ4n) is 2.38. The minimum absolute atomic E-state index is 0.279. The summed E-state index contributed by atoms with van der Waals surface area (Å²) in [5.41, 5.74) is 0. The molecule has 1 aliphatic heterocycles. The number of amides is 3. The maximum atomic E-state index is 12.0. The molecule has 1 aromatic rings. The van der Waals surface area contributed by atoms with Crippen molar-refractivity contribution < 1.29 is 9.59 Å². The van der Waals surface area contributed by atoms with Crippen molar-refractivity contribution in [2.24, 2.45) is 0 Å². The first-order valence-corrected chi connectivity index (χ1v) is 7.45. The van der Waals surface area contributed by atoms with Crippen LogP contribution < -0.4 is 15.5 Å². The number of urea groups is 1. The summed E-state index contributed by atoms with van der Waals surface area (Å²) in [4.78, 5) is 36.0. The zero-order chi connectivity index (χ0) is 15.9. The number of carbonyl (C=O) groups is 2. The molecule has 0 bridgehead atoms. The number of anilines is 1. The molecule has 2 heterocycles. The van der Waals surface area contributed by atoms with Crippen LogP contribution in [0.3, 0.4) is 0 Å². The summed E-state index contributed by atoms with van der Waals surface area (Å²) in [7, 11) is 0. The third-order valence-corrected chi connectivity index (χ3v) is 3.69. The Kier molecular flexibility index (Phi) is 5.65. The molecule has 120 valence electrons. The highest BCUT2D eigenvalue weighted by Gasteiger charge is 2.26. The molecular formula is C14H22N6O2. The predicted octanol–water partition coefficient (Wildman–Crippen LogP) is -0.167. The van der Waals surface area contributed by atoms with Gasteiger partial charge in [0.25, 0.3) is 0 Å². The Hall–Kier alpha value is -2.22.